The predicted octanol–water partition coefficient (Wildman–Crippen LogP) is 1.03. The van der Waals surface area contributed by atoms with Crippen LogP contribution >= 0.6 is 12.4 Å². The molecule has 0 amide bonds. The molecule has 0 unspecified atom stereocenters. The second kappa shape index (κ2) is 4.33. The van der Waals surface area contributed by atoms with Crippen LogP contribution in [0, 0.1) is 5.92 Å². The predicted molar refractivity (Wildman–Crippen MR) is 58.2 cm³/mol. The average Bonchev–Trinajstić information content (AvgIpc) is 2.85. The van der Waals surface area contributed by atoms with Crippen molar-refractivity contribution in [2.45, 2.75) is 24.9 Å². The van der Waals surface area contributed by atoms with Crippen molar-refractivity contribution < 1.29 is 4.74 Å². The Morgan fingerprint density at radius 1 is 1.40 bits per heavy atom. The summed E-state index contributed by atoms with van der Waals surface area (Å²) in [6.07, 6.45) is 7.56. The molecule has 1 aromatic rings. The van der Waals surface area contributed by atoms with E-state index in [1.165, 1.54) is 12.8 Å². The number of hydrogen-bond donors (Lipinski definition) is 1. The van der Waals surface area contributed by atoms with Crippen molar-refractivity contribution in [2.24, 2.45) is 5.92 Å². The molecule has 82 valence electrons. The molecule has 2 aliphatic rings. The van der Waals surface area contributed by atoms with Gasteiger partial charge in [-0.1, -0.05) is 0 Å². The molecule has 0 radical (unpaired) electrons. The molecule has 3 atom stereocenters. The number of hydrogen-bond acceptors (Lipinski definition) is 4. The van der Waals surface area contributed by atoms with Gasteiger partial charge in [0.15, 0.2) is 0 Å². The van der Waals surface area contributed by atoms with Gasteiger partial charge in [0.1, 0.15) is 6.61 Å². The van der Waals surface area contributed by atoms with E-state index >= 15 is 0 Å². The third kappa shape index (κ3) is 2.38. The molecule has 1 aliphatic heterocycles. The minimum Gasteiger partial charge on any atom is -0.475 e. The first-order valence-corrected chi connectivity index (χ1v) is 5.06. The number of rotatable bonds is 3. The highest BCUT2D eigenvalue weighted by Gasteiger charge is 2.45. The molecule has 15 heavy (non-hydrogen) atoms. The number of piperidine rings is 1. The van der Waals surface area contributed by atoms with Gasteiger partial charge in [-0.05, 0) is 18.8 Å². The Kier molecular flexibility index (Phi) is 3.07. The van der Waals surface area contributed by atoms with Gasteiger partial charge in [-0.15, -0.1) is 12.4 Å². The minimum atomic E-state index is 0. The number of halogens is 1. The summed E-state index contributed by atoms with van der Waals surface area (Å²) in [6, 6.07) is 1.30. The summed E-state index contributed by atoms with van der Waals surface area (Å²) in [5, 5.41) is 3.52. The molecule has 0 aromatic carbocycles. The van der Waals surface area contributed by atoms with E-state index in [2.05, 4.69) is 15.3 Å². The van der Waals surface area contributed by atoms with E-state index in [0.717, 1.165) is 12.0 Å². The first-order chi connectivity index (χ1) is 6.92. The number of aromatic nitrogens is 2. The zero-order valence-electron chi connectivity index (χ0n) is 8.30. The third-order valence-electron chi connectivity index (χ3n) is 2.93. The van der Waals surface area contributed by atoms with Gasteiger partial charge < -0.3 is 10.1 Å². The Morgan fingerprint density at radius 3 is 3.00 bits per heavy atom. The highest BCUT2D eigenvalue weighted by Crippen LogP contribution is 2.40. The van der Waals surface area contributed by atoms with Crippen LogP contribution < -0.4 is 10.1 Å². The van der Waals surface area contributed by atoms with Crippen molar-refractivity contribution in [3.05, 3.63) is 18.6 Å². The Balaban J connectivity index is 0.000000853. The van der Waals surface area contributed by atoms with Gasteiger partial charge in [0.25, 0.3) is 0 Å². The largest absolute Gasteiger partial charge is 0.475 e. The first-order valence-electron chi connectivity index (χ1n) is 5.06. The number of fused-ring (bicyclic) bond motifs is 1. The van der Waals surface area contributed by atoms with E-state index in [1.807, 2.05) is 0 Å². The van der Waals surface area contributed by atoms with Gasteiger partial charge in [0, 0.05) is 24.5 Å². The van der Waals surface area contributed by atoms with Crippen LogP contribution in [-0.4, -0.2) is 28.7 Å². The maximum atomic E-state index is 5.52. The Hall–Kier alpha value is -0.870. The summed E-state index contributed by atoms with van der Waals surface area (Å²) in [6.45, 7) is 0.714. The fourth-order valence-corrected chi connectivity index (χ4v) is 2.11. The molecule has 0 spiro atoms. The maximum Gasteiger partial charge on any atom is 0.232 e. The summed E-state index contributed by atoms with van der Waals surface area (Å²) in [7, 11) is 0. The van der Waals surface area contributed by atoms with E-state index in [4.69, 9.17) is 4.74 Å². The lowest BCUT2D eigenvalue weighted by Crippen LogP contribution is -2.31. The second-order valence-corrected chi connectivity index (χ2v) is 4.06. The Bertz CT molecular complexity index is 312. The molecule has 2 fully saturated rings. The molecule has 1 saturated carbocycles. The van der Waals surface area contributed by atoms with E-state index in [-0.39, 0.29) is 12.4 Å². The topological polar surface area (TPSA) is 47.0 Å². The summed E-state index contributed by atoms with van der Waals surface area (Å²) in [5.74, 6) is 1.54. The van der Waals surface area contributed by atoms with Crippen molar-refractivity contribution >= 4 is 12.4 Å². The quantitative estimate of drug-likeness (QED) is 0.838. The molecule has 4 nitrogen and oxygen atoms in total. The highest BCUT2D eigenvalue weighted by atomic mass is 35.5. The van der Waals surface area contributed by atoms with Crippen LogP contribution in [0.2, 0.25) is 0 Å². The van der Waals surface area contributed by atoms with Crippen LogP contribution in [-0.2, 0) is 0 Å². The number of nitrogens with one attached hydrogen (secondary N) is 1. The van der Waals surface area contributed by atoms with Crippen LogP contribution in [0.5, 0.6) is 5.88 Å². The van der Waals surface area contributed by atoms with Crippen molar-refractivity contribution in [1.82, 2.24) is 15.3 Å². The smallest absolute Gasteiger partial charge is 0.232 e. The molecule has 1 aromatic heterocycles. The fraction of sp³-hybridized carbons (Fsp3) is 0.600. The lowest BCUT2D eigenvalue weighted by atomic mass is 10.2. The van der Waals surface area contributed by atoms with E-state index in [1.54, 1.807) is 18.6 Å². The molecular weight excluding hydrogens is 214 g/mol. The molecule has 2 heterocycles. The molecule has 1 N–H and O–H groups in total. The van der Waals surface area contributed by atoms with Crippen molar-refractivity contribution in [3.8, 4) is 5.88 Å². The fourth-order valence-electron chi connectivity index (χ4n) is 2.11. The standard InChI is InChI=1S/C10H13N3O.ClH/c1-2-12-10(5-11-1)14-6-8-3-7-4-9(7)13-8;/h1-2,5,7-9,13H,3-4,6H2;1H/t7-,8-,9+;/m0./s1. The van der Waals surface area contributed by atoms with E-state index in [9.17, 15) is 0 Å². The van der Waals surface area contributed by atoms with Crippen LogP contribution in [0.1, 0.15) is 12.8 Å². The first kappa shape index (κ1) is 10.6. The van der Waals surface area contributed by atoms with E-state index < -0.39 is 0 Å². The molecular formula is C10H14ClN3O. The summed E-state index contributed by atoms with van der Waals surface area (Å²) < 4.78 is 5.52. The molecule has 5 heteroatoms. The van der Waals surface area contributed by atoms with Crippen molar-refractivity contribution in [3.63, 3.8) is 0 Å². The maximum absolute atomic E-state index is 5.52. The third-order valence-corrected chi connectivity index (χ3v) is 2.93. The van der Waals surface area contributed by atoms with Crippen molar-refractivity contribution in [2.75, 3.05) is 6.61 Å². The number of ether oxygens (including phenoxy) is 1. The lowest BCUT2D eigenvalue weighted by molar-refractivity contribution is 0.258. The van der Waals surface area contributed by atoms with Gasteiger partial charge in [-0.3, -0.25) is 4.98 Å². The Labute approximate surface area is 94.9 Å². The molecule has 1 saturated heterocycles. The van der Waals surface area contributed by atoms with Crippen LogP contribution in [0.15, 0.2) is 18.6 Å². The normalized spacial score (nSPS) is 31.6. The molecule has 3 rings (SSSR count). The monoisotopic (exact) mass is 227 g/mol. The van der Waals surface area contributed by atoms with Gasteiger partial charge in [0.2, 0.25) is 5.88 Å². The zero-order valence-corrected chi connectivity index (χ0v) is 9.11. The van der Waals surface area contributed by atoms with Gasteiger partial charge in [0.05, 0.1) is 6.20 Å². The second-order valence-electron chi connectivity index (χ2n) is 4.06. The summed E-state index contributed by atoms with van der Waals surface area (Å²) in [4.78, 5) is 8.00. The zero-order chi connectivity index (χ0) is 9.38. The summed E-state index contributed by atoms with van der Waals surface area (Å²) >= 11 is 0. The van der Waals surface area contributed by atoms with Gasteiger partial charge in [-0.2, -0.15) is 0 Å². The molecule has 1 aliphatic carbocycles. The van der Waals surface area contributed by atoms with Crippen molar-refractivity contribution in [1.29, 1.82) is 0 Å². The highest BCUT2D eigenvalue weighted by molar-refractivity contribution is 5.85. The van der Waals surface area contributed by atoms with Crippen LogP contribution in [0.3, 0.4) is 0 Å². The van der Waals surface area contributed by atoms with Crippen LogP contribution in [0.25, 0.3) is 0 Å². The number of nitrogens with zero attached hydrogens (tertiary/aromatic N) is 2. The summed E-state index contributed by atoms with van der Waals surface area (Å²) in [5.41, 5.74) is 0. The van der Waals surface area contributed by atoms with Gasteiger partial charge >= 0.3 is 0 Å². The minimum absolute atomic E-state index is 0. The Morgan fingerprint density at radius 2 is 2.33 bits per heavy atom. The molecule has 0 bridgehead atoms. The van der Waals surface area contributed by atoms with E-state index in [0.29, 0.717) is 18.5 Å². The average molecular weight is 228 g/mol. The SMILES string of the molecule is Cl.c1cnc(OC[C@@H]2C[C@H]3C[C@H]3N2)cn1. The van der Waals surface area contributed by atoms with Gasteiger partial charge in [-0.25, -0.2) is 4.98 Å². The van der Waals surface area contributed by atoms with Crippen LogP contribution in [0.4, 0.5) is 0 Å². The lowest BCUT2D eigenvalue weighted by Gasteiger charge is -2.13.